The zero-order valence-electron chi connectivity index (χ0n) is 11.9. The average Bonchev–Trinajstić information content (AvgIpc) is 3.16. The molecule has 0 saturated carbocycles. The third-order valence-electron chi connectivity index (χ3n) is 3.52. The number of carboxylic acid groups (broad SMARTS) is 1. The Balaban J connectivity index is 1.94. The van der Waals surface area contributed by atoms with Gasteiger partial charge in [0, 0.05) is 5.56 Å². The van der Waals surface area contributed by atoms with Crippen molar-refractivity contribution in [3.8, 4) is 0 Å². The van der Waals surface area contributed by atoms with E-state index in [4.69, 9.17) is 9.47 Å². The Labute approximate surface area is 131 Å². The van der Waals surface area contributed by atoms with Crippen LogP contribution in [-0.2, 0) is 15.3 Å². The van der Waals surface area contributed by atoms with Crippen LogP contribution in [0, 0.1) is 0 Å². The molecule has 2 heterocycles. The molecule has 0 radical (unpaired) electrons. The summed E-state index contributed by atoms with van der Waals surface area (Å²) < 4.78 is 11.1. The highest BCUT2D eigenvalue weighted by Crippen LogP contribution is 2.36. The minimum atomic E-state index is -1.12. The Kier molecular flexibility index (Phi) is 3.82. The maximum absolute atomic E-state index is 12.6. The van der Waals surface area contributed by atoms with E-state index in [0.29, 0.717) is 18.1 Å². The van der Waals surface area contributed by atoms with Gasteiger partial charge in [0.25, 0.3) is 0 Å². The molecule has 1 aromatic heterocycles. The molecule has 0 spiro atoms. The zero-order chi connectivity index (χ0) is 15.7. The highest BCUT2D eigenvalue weighted by molar-refractivity contribution is 7.14. The molecule has 6 heteroatoms. The van der Waals surface area contributed by atoms with E-state index in [1.165, 1.54) is 23.5 Å². The normalized spacial score (nSPS) is 16.6. The van der Waals surface area contributed by atoms with E-state index in [1.807, 2.05) is 6.92 Å². The van der Waals surface area contributed by atoms with Crippen LogP contribution in [0.2, 0.25) is 0 Å². The van der Waals surface area contributed by atoms with Crippen molar-refractivity contribution in [3.63, 3.8) is 0 Å². The molecule has 1 N–H and O–H groups in total. The lowest BCUT2D eigenvalue weighted by Crippen LogP contribution is -2.20. The van der Waals surface area contributed by atoms with Crippen molar-refractivity contribution < 1.29 is 24.2 Å². The first-order chi connectivity index (χ1) is 10.5. The summed E-state index contributed by atoms with van der Waals surface area (Å²) in [6.45, 7) is 2.84. The second-order valence-electron chi connectivity index (χ2n) is 4.99. The molecular formula is C16H14O5S. The molecule has 1 saturated heterocycles. The summed E-state index contributed by atoms with van der Waals surface area (Å²) in [7, 11) is 0. The van der Waals surface area contributed by atoms with Gasteiger partial charge in [-0.1, -0.05) is 18.2 Å². The predicted octanol–water partition coefficient (Wildman–Crippen LogP) is 2.90. The van der Waals surface area contributed by atoms with Gasteiger partial charge in [0.05, 0.1) is 28.5 Å². The van der Waals surface area contributed by atoms with Crippen LogP contribution in [0.3, 0.4) is 0 Å². The maximum atomic E-state index is 12.6. The predicted molar refractivity (Wildman–Crippen MR) is 80.4 cm³/mol. The molecule has 2 aromatic rings. The van der Waals surface area contributed by atoms with Crippen molar-refractivity contribution in [1.82, 2.24) is 0 Å². The molecule has 1 aliphatic heterocycles. The van der Waals surface area contributed by atoms with Gasteiger partial charge in [-0.2, -0.15) is 0 Å². The van der Waals surface area contributed by atoms with E-state index in [9.17, 15) is 14.7 Å². The number of ketones is 1. The van der Waals surface area contributed by atoms with Crippen molar-refractivity contribution >= 4 is 23.1 Å². The Morgan fingerprint density at radius 3 is 2.36 bits per heavy atom. The standard InChI is InChI=1S/C16H14O5S/c1-16(20-8-9-21-16)13-7-6-12(22-13)14(17)10-4-2-3-5-11(10)15(18)19/h2-7H,8-9H2,1H3,(H,18,19). The summed E-state index contributed by atoms with van der Waals surface area (Å²) >= 11 is 1.26. The molecule has 0 aliphatic carbocycles. The van der Waals surface area contributed by atoms with Gasteiger partial charge in [-0.15, -0.1) is 11.3 Å². The van der Waals surface area contributed by atoms with E-state index in [-0.39, 0.29) is 16.9 Å². The number of hydrogen-bond donors (Lipinski definition) is 1. The van der Waals surface area contributed by atoms with Crippen LogP contribution in [-0.4, -0.2) is 30.1 Å². The maximum Gasteiger partial charge on any atom is 0.336 e. The third-order valence-corrected chi connectivity index (χ3v) is 4.79. The van der Waals surface area contributed by atoms with E-state index in [0.717, 1.165) is 4.88 Å². The fraction of sp³-hybridized carbons (Fsp3) is 0.250. The first-order valence-corrected chi connectivity index (χ1v) is 7.58. The van der Waals surface area contributed by atoms with Gasteiger partial charge in [-0.3, -0.25) is 4.79 Å². The van der Waals surface area contributed by atoms with Gasteiger partial charge in [0.2, 0.25) is 11.6 Å². The molecular weight excluding hydrogens is 304 g/mol. The number of benzene rings is 1. The molecule has 1 aliphatic rings. The van der Waals surface area contributed by atoms with Crippen LogP contribution in [0.4, 0.5) is 0 Å². The second kappa shape index (κ2) is 5.64. The van der Waals surface area contributed by atoms with Crippen molar-refractivity contribution in [2.45, 2.75) is 12.7 Å². The first kappa shape index (κ1) is 14.9. The summed E-state index contributed by atoms with van der Waals surface area (Å²) in [5, 5.41) is 9.19. The van der Waals surface area contributed by atoms with Crippen molar-refractivity contribution in [2.24, 2.45) is 0 Å². The number of rotatable bonds is 4. The number of thiophene rings is 1. The van der Waals surface area contributed by atoms with Crippen LogP contribution in [0.25, 0.3) is 0 Å². The lowest BCUT2D eigenvalue weighted by molar-refractivity contribution is -0.146. The van der Waals surface area contributed by atoms with Crippen LogP contribution in [0.5, 0.6) is 0 Å². The topological polar surface area (TPSA) is 72.8 Å². The molecule has 5 nitrogen and oxygen atoms in total. The SMILES string of the molecule is CC1(c2ccc(C(=O)c3ccccc3C(=O)O)s2)OCCO1. The summed E-state index contributed by atoms with van der Waals surface area (Å²) in [6.07, 6.45) is 0. The van der Waals surface area contributed by atoms with E-state index >= 15 is 0 Å². The Hall–Kier alpha value is -2.02. The first-order valence-electron chi connectivity index (χ1n) is 6.76. The lowest BCUT2D eigenvalue weighted by Gasteiger charge is -2.20. The number of ether oxygens (including phenoxy) is 2. The van der Waals surface area contributed by atoms with Crippen molar-refractivity contribution in [2.75, 3.05) is 13.2 Å². The number of hydrogen-bond acceptors (Lipinski definition) is 5. The Morgan fingerprint density at radius 1 is 1.09 bits per heavy atom. The van der Waals surface area contributed by atoms with Gasteiger partial charge >= 0.3 is 5.97 Å². The summed E-state index contributed by atoms with van der Waals surface area (Å²) in [6, 6.07) is 9.66. The zero-order valence-corrected chi connectivity index (χ0v) is 12.7. The van der Waals surface area contributed by atoms with Crippen LogP contribution in [0.1, 0.15) is 37.4 Å². The average molecular weight is 318 g/mol. The number of carboxylic acids is 1. The molecule has 114 valence electrons. The fourth-order valence-corrected chi connectivity index (χ4v) is 3.38. The quantitative estimate of drug-likeness (QED) is 0.878. The fourth-order valence-electron chi connectivity index (χ4n) is 2.36. The highest BCUT2D eigenvalue weighted by atomic mass is 32.1. The number of carbonyl (C=O) groups is 2. The van der Waals surface area contributed by atoms with Gasteiger partial charge in [0.15, 0.2) is 0 Å². The molecule has 0 amide bonds. The molecule has 22 heavy (non-hydrogen) atoms. The van der Waals surface area contributed by atoms with Crippen molar-refractivity contribution in [3.05, 3.63) is 57.3 Å². The van der Waals surface area contributed by atoms with Crippen molar-refractivity contribution in [1.29, 1.82) is 0 Å². The van der Waals surface area contributed by atoms with Crippen LogP contribution in [0.15, 0.2) is 36.4 Å². The van der Waals surface area contributed by atoms with Gasteiger partial charge in [0.1, 0.15) is 0 Å². The number of aromatic carboxylic acids is 1. The summed E-state index contributed by atoms with van der Waals surface area (Å²) in [5.41, 5.74) is 0.184. The smallest absolute Gasteiger partial charge is 0.336 e. The molecule has 0 bridgehead atoms. The molecule has 0 unspecified atom stereocenters. The Bertz CT molecular complexity index is 728. The minimum Gasteiger partial charge on any atom is -0.478 e. The van der Waals surface area contributed by atoms with Crippen LogP contribution >= 0.6 is 11.3 Å². The van der Waals surface area contributed by atoms with E-state index in [2.05, 4.69) is 0 Å². The monoisotopic (exact) mass is 318 g/mol. The van der Waals surface area contributed by atoms with Gasteiger partial charge in [-0.25, -0.2) is 4.79 Å². The largest absolute Gasteiger partial charge is 0.478 e. The summed E-state index contributed by atoms with van der Waals surface area (Å²) in [5.74, 6) is -2.25. The molecule has 1 aromatic carbocycles. The van der Waals surface area contributed by atoms with Gasteiger partial charge in [-0.05, 0) is 25.1 Å². The lowest BCUT2D eigenvalue weighted by atomic mass is 10.0. The minimum absolute atomic E-state index is 0.00188. The number of carbonyl (C=O) groups excluding carboxylic acids is 1. The highest BCUT2D eigenvalue weighted by Gasteiger charge is 2.35. The Morgan fingerprint density at radius 2 is 1.73 bits per heavy atom. The molecule has 3 rings (SSSR count). The van der Waals surface area contributed by atoms with Gasteiger partial charge < -0.3 is 14.6 Å². The van der Waals surface area contributed by atoms with Crippen LogP contribution < -0.4 is 0 Å². The second-order valence-corrected chi connectivity index (χ2v) is 6.07. The third kappa shape index (κ3) is 2.56. The van der Waals surface area contributed by atoms with E-state index < -0.39 is 11.8 Å². The molecule has 1 fully saturated rings. The molecule has 0 atom stereocenters. The van der Waals surface area contributed by atoms with E-state index in [1.54, 1.807) is 24.3 Å². The summed E-state index contributed by atoms with van der Waals surface area (Å²) in [4.78, 5) is 25.1.